The number of nitrogens with zero attached hydrogens (tertiary/aromatic N) is 2. The molecule has 2 fully saturated rings. The molecule has 0 aromatic heterocycles. The molecule has 2 aliphatic rings. The van der Waals surface area contributed by atoms with Crippen molar-refractivity contribution < 1.29 is 4.79 Å². The van der Waals surface area contributed by atoms with Crippen molar-refractivity contribution in [3.05, 3.63) is 65.2 Å². The monoisotopic (exact) mass is 433 g/mol. The third-order valence-corrected chi connectivity index (χ3v) is 7.39. The Hall–Kier alpha value is -2.33. The number of hydrogen-bond donors (Lipinski definition) is 1. The molecule has 4 heteroatoms. The molecule has 0 unspecified atom stereocenters. The molecule has 172 valence electrons. The second-order valence-electron chi connectivity index (χ2n) is 9.99. The van der Waals surface area contributed by atoms with Gasteiger partial charge in [-0.3, -0.25) is 9.69 Å². The van der Waals surface area contributed by atoms with E-state index in [4.69, 9.17) is 0 Å². The van der Waals surface area contributed by atoms with Crippen LogP contribution in [0.5, 0.6) is 0 Å². The minimum Gasteiger partial charge on any atom is -0.371 e. The number of likely N-dealkylation sites (tertiary alicyclic amines) is 1. The molecule has 1 N–H and O–H groups in total. The number of carbonyl (C=O) groups excluding carboxylic acids is 1. The van der Waals surface area contributed by atoms with Crippen molar-refractivity contribution in [2.24, 2.45) is 11.8 Å². The van der Waals surface area contributed by atoms with Crippen molar-refractivity contribution in [1.82, 2.24) is 10.2 Å². The van der Waals surface area contributed by atoms with E-state index in [-0.39, 0.29) is 17.9 Å². The highest BCUT2D eigenvalue weighted by Crippen LogP contribution is 2.26. The van der Waals surface area contributed by atoms with E-state index < -0.39 is 0 Å². The molecular weight excluding hydrogens is 394 g/mol. The Morgan fingerprint density at radius 3 is 2.44 bits per heavy atom. The van der Waals surface area contributed by atoms with E-state index in [1.54, 1.807) is 0 Å². The molecule has 2 saturated heterocycles. The van der Waals surface area contributed by atoms with Crippen molar-refractivity contribution >= 4 is 11.6 Å². The Morgan fingerprint density at radius 1 is 1.03 bits per heavy atom. The van der Waals surface area contributed by atoms with Gasteiger partial charge in [-0.25, -0.2) is 0 Å². The van der Waals surface area contributed by atoms with E-state index in [0.717, 1.165) is 51.5 Å². The Balaban J connectivity index is 1.25. The molecule has 2 atom stereocenters. The van der Waals surface area contributed by atoms with Gasteiger partial charge in [0.15, 0.2) is 0 Å². The summed E-state index contributed by atoms with van der Waals surface area (Å²) in [4.78, 5) is 17.9. The number of nitrogens with one attached hydrogen (secondary N) is 1. The van der Waals surface area contributed by atoms with Gasteiger partial charge < -0.3 is 10.2 Å². The molecule has 2 aromatic rings. The molecule has 2 aliphatic heterocycles. The Kier molecular flexibility index (Phi) is 7.51. The molecule has 2 aromatic carbocycles. The SMILES string of the molecule is Cc1ccccc1CN1CCC(C(=O)N[C@@H](C)c2ccc(N3CCC[C@@H](C)C3)cc2)CC1. The fourth-order valence-corrected chi connectivity index (χ4v) is 5.19. The largest absolute Gasteiger partial charge is 0.371 e. The van der Waals surface area contributed by atoms with Gasteiger partial charge in [-0.2, -0.15) is 0 Å². The van der Waals surface area contributed by atoms with Crippen LogP contribution in [0.1, 0.15) is 62.3 Å². The zero-order valence-corrected chi connectivity index (χ0v) is 20.0. The van der Waals surface area contributed by atoms with Crippen molar-refractivity contribution in [1.29, 1.82) is 0 Å². The summed E-state index contributed by atoms with van der Waals surface area (Å²) in [5, 5.41) is 3.27. The molecule has 0 saturated carbocycles. The van der Waals surface area contributed by atoms with Gasteiger partial charge in [0.1, 0.15) is 0 Å². The molecular formula is C28H39N3O. The number of benzene rings is 2. The summed E-state index contributed by atoms with van der Waals surface area (Å²) in [5.41, 5.74) is 5.23. The lowest BCUT2D eigenvalue weighted by molar-refractivity contribution is -0.127. The first kappa shape index (κ1) is 22.8. The van der Waals surface area contributed by atoms with Crippen molar-refractivity contribution in [2.75, 3.05) is 31.1 Å². The normalized spacial score (nSPS) is 21.3. The Labute approximate surface area is 194 Å². The molecule has 0 aliphatic carbocycles. The molecule has 1 amide bonds. The maximum Gasteiger partial charge on any atom is 0.223 e. The minimum absolute atomic E-state index is 0.0434. The van der Waals surface area contributed by atoms with Crippen LogP contribution in [0, 0.1) is 18.8 Å². The molecule has 2 heterocycles. The van der Waals surface area contributed by atoms with Crippen LogP contribution in [-0.4, -0.2) is 37.0 Å². The lowest BCUT2D eigenvalue weighted by Gasteiger charge is -2.33. The highest BCUT2D eigenvalue weighted by molar-refractivity contribution is 5.79. The summed E-state index contributed by atoms with van der Waals surface area (Å²) in [5.74, 6) is 1.10. The fraction of sp³-hybridized carbons (Fsp3) is 0.536. The quantitative estimate of drug-likeness (QED) is 0.670. The first-order chi connectivity index (χ1) is 15.5. The standard InChI is InChI=1S/C28H39N3O/c1-21-7-6-16-31(19-21)27-12-10-24(11-13-27)23(3)29-28(32)25-14-17-30(18-15-25)20-26-9-5-4-8-22(26)2/h4-5,8-13,21,23,25H,6-7,14-20H2,1-3H3,(H,29,32)/t21-,23+/m1/s1. The third-order valence-electron chi connectivity index (χ3n) is 7.39. The lowest BCUT2D eigenvalue weighted by atomic mass is 9.94. The van der Waals surface area contributed by atoms with Gasteiger partial charge in [0.2, 0.25) is 5.91 Å². The summed E-state index contributed by atoms with van der Waals surface area (Å²) in [6.45, 7) is 11.9. The number of rotatable bonds is 6. The second-order valence-corrected chi connectivity index (χ2v) is 9.99. The number of carbonyl (C=O) groups is 1. The van der Waals surface area contributed by atoms with Crippen LogP contribution >= 0.6 is 0 Å². The van der Waals surface area contributed by atoms with Gasteiger partial charge in [-0.1, -0.05) is 43.3 Å². The van der Waals surface area contributed by atoms with Crippen LogP contribution < -0.4 is 10.2 Å². The highest BCUT2D eigenvalue weighted by atomic mass is 16.1. The third kappa shape index (κ3) is 5.72. The lowest BCUT2D eigenvalue weighted by Crippen LogP contribution is -2.41. The molecule has 0 spiro atoms. The number of hydrogen-bond acceptors (Lipinski definition) is 3. The van der Waals surface area contributed by atoms with Gasteiger partial charge in [-0.05, 0) is 87.4 Å². The summed E-state index contributed by atoms with van der Waals surface area (Å²) in [6.07, 6.45) is 4.49. The van der Waals surface area contributed by atoms with Crippen molar-refractivity contribution in [3.63, 3.8) is 0 Å². The number of anilines is 1. The van der Waals surface area contributed by atoms with Crippen LogP contribution in [0.15, 0.2) is 48.5 Å². The van der Waals surface area contributed by atoms with E-state index in [2.05, 4.69) is 84.4 Å². The predicted octanol–water partition coefficient (Wildman–Crippen LogP) is 5.32. The zero-order chi connectivity index (χ0) is 22.5. The molecule has 32 heavy (non-hydrogen) atoms. The van der Waals surface area contributed by atoms with E-state index in [0.29, 0.717) is 0 Å². The summed E-state index contributed by atoms with van der Waals surface area (Å²) in [6, 6.07) is 17.5. The average Bonchev–Trinajstić information content (AvgIpc) is 2.81. The molecule has 4 nitrogen and oxygen atoms in total. The maximum atomic E-state index is 12.9. The number of piperidine rings is 2. The van der Waals surface area contributed by atoms with Crippen molar-refractivity contribution in [2.45, 2.75) is 59.0 Å². The van der Waals surface area contributed by atoms with Crippen LogP contribution in [-0.2, 0) is 11.3 Å². The second kappa shape index (κ2) is 10.5. The van der Waals surface area contributed by atoms with Crippen molar-refractivity contribution in [3.8, 4) is 0 Å². The number of aryl methyl sites for hydroxylation is 1. The Bertz CT molecular complexity index is 886. The van der Waals surface area contributed by atoms with Crippen LogP contribution in [0.25, 0.3) is 0 Å². The van der Waals surface area contributed by atoms with E-state index in [1.807, 2.05) is 0 Å². The van der Waals surface area contributed by atoms with E-state index >= 15 is 0 Å². The van der Waals surface area contributed by atoms with E-state index in [1.165, 1.54) is 35.2 Å². The van der Waals surface area contributed by atoms with E-state index in [9.17, 15) is 4.79 Å². The molecule has 0 bridgehead atoms. The zero-order valence-electron chi connectivity index (χ0n) is 20.0. The summed E-state index contributed by atoms with van der Waals surface area (Å²) < 4.78 is 0. The smallest absolute Gasteiger partial charge is 0.223 e. The summed E-state index contributed by atoms with van der Waals surface area (Å²) >= 11 is 0. The number of amides is 1. The first-order valence-electron chi connectivity index (χ1n) is 12.4. The van der Waals surface area contributed by atoms with Gasteiger partial charge in [0.05, 0.1) is 6.04 Å². The van der Waals surface area contributed by atoms with Gasteiger partial charge in [0, 0.05) is 31.2 Å². The fourth-order valence-electron chi connectivity index (χ4n) is 5.19. The minimum atomic E-state index is 0.0434. The average molecular weight is 434 g/mol. The van der Waals surface area contributed by atoms with Crippen LogP contribution in [0.3, 0.4) is 0 Å². The van der Waals surface area contributed by atoms with Crippen LogP contribution in [0.2, 0.25) is 0 Å². The maximum absolute atomic E-state index is 12.9. The molecule has 0 radical (unpaired) electrons. The Morgan fingerprint density at radius 2 is 1.75 bits per heavy atom. The topological polar surface area (TPSA) is 35.6 Å². The molecule has 4 rings (SSSR count). The van der Waals surface area contributed by atoms with Gasteiger partial charge in [-0.15, -0.1) is 0 Å². The highest BCUT2D eigenvalue weighted by Gasteiger charge is 2.26. The van der Waals surface area contributed by atoms with Gasteiger partial charge in [0.25, 0.3) is 0 Å². The van der Waals surface area contributed by atoms with Crippen LogP contribution in [0.4, 0.5) is 5.69 Å². The summed E-state index contributed by atoms with van der Waals surface area (Å²) in [7, 11) is 0. The van der Waals surface area contributed by atoms with Gasteiger partial charge >= 0.3 is 0 Å². The first-order valence-corrected chi connectivity index (χ1v) is 12.4. The predicted molar refractivity (Wildman–Crippen MR) is 133 cm³/mol.